The monoisotopic (exact) mass is 454 g/mol. The molecule has 1 aliphatic rings. The van der Waals surface area contributed by atoms with Crippen molar-refractivity contribution in [3.05, 3.63) is 65.5 Å². The van der Waals surface area contributed by atoms with Crippen LogP contribution < -0.4 is 16.0 Å². The third-order valence-electron chi connectivity index (χ3n) is 5.74. The van der Waals surface area contributed by atoms with Gasteiger partial charge in [-0.2, -0.15) is 0 Å². The number of urea groups is 1. The summed E-state index contributed by atoms with van der Waals surface area (Å²) in [5, 5.41) is 8.10. The van der Waals surface area contributed by atoms with Crippen LogP contribution in [0.2, 0.25) is 0 Å². The van der Waals surface area contributed by atoms with Gasteiger partial charge < -0.3 is 16.0 Å². The molecular formula is C24H27FN4O4. The van der Waals surface area contributed by atoms with Crippen LogP contribution in [-0.4, -0.2) is 35.2 Å². The van der Waals surface area contributed by atoms with Gasteiger partial charge in [0.05, 0.1) is 0 Å². The van der Waals surface area contributed by atoms with Gasteiger partial charge in [0.2, 0.25) is 11.8 Å². The number of nitrogens with one attached hydrogen (secondary N) is 3. The number of carbonyl (C=O) groups excluding carboxylic acids is 4. The predicted octanol–water partition coefficient (Wildman–Crippen LogP) is 2.89. The van der Waals surface area contributed by atoms with E-state index in [1.165, 1.54) is 31.2 Å². The topological polar surface area (TPSA) is 108 Å². The first kappa shape index (κ1) is 23.9. The van der Waals surface area contributed by atoms with Crippen molar-refractivity contribution in [2.24, 2.45) is 5.92 Å². The zero-order chi connectivity index (χ0) is 24.2. The van der Waals surface area contributed by atoms with Crippen molar-refractivity contribution < 1.29 is 23.6 Å². The Morgan fingerprint density at radius 1 is 1.15 bits per heavy atom. The van der Waals surface area contributed by atoms with E-state index in [-0.39, 0.29) is 18.4 Å². The number of amides is 5. The summed E-state index contributed by atoms with van der Waals surface area (Å²) in [6.07, 6.45) is 0.727. The first-order chi connectivity index (χ1) is 15.6. The number of imide groups is 1. The molecule has 0 spiro atoms. The Bertz CT molecular complexity index is 1070. The number of hydrogen-bond acceptors (Lipinski definition) is 4. The number of benzene rings is 2. The molecule has 1 fully saturated rings. The minimum Gasteiger partial charge on any atom is -0.350 e. The molecule has 174 valence electrons. The Labute approximate surface area is 191 Å². The molecule has 2 aromatic carbocycles. The molecule has 2 atom stereocenters. The molecule has 0 aliphatic carbocycles. The van der Waals surface area contributed by atoms with Crippen molar-refractivity contribution in [3.63, 3.8) is 0 Å². The van der Waals surface area contributed by atoms with Gasteiger partial charge in [-0.1, -0.05) is 38.1 Å². The molecular weight excluding hydrogens is 427 g/mol. The van der Waals surface area contributed by atoms with Crippen molar-refractivity contribution >= 4 is 29.4 Å². The van der Waals surface area contributed by atoms with E-state index in [1.54, 1.807) is 24.3 Å². The molecule has 1 saturated heterocycles. The van der Waals surface area contributed by atoms with Gasteiger partial charge in [0.25, 0.3) is 5.91 Å². The van der Waals surface area contributed by atoms with Gasteiger partial charge in [0.15, 0.2) is 0 Å². The van der Waals surface area contributed by atoms with Crippen LogP contribution in [-0.2, 0) is 26.5 Å². The zero-order valence-corrected chi connectivity index (χ0v) is 18.8. The summed E-state index contributed by atoms with van der Waals surface area (Å²) in [4.78, 5) is 50.6. The third-order valence-corrected chi connectivity index (χ3v) is 5.74. The molecule has 0 aromatic heterocycles. The highest BCUT2D eigenvalue weighted by molar-refractivity contribution is 6.09. The van der Waals surface area contributed by atoms with Gasteiger partial charge >= 0.3 is 6.03 Å². The van der Waals surface area contributed by atoms with Crippen molar-refractivity contribution in [1.29, 1.82) is 0 Å². The van der Waals surface area contributed by atoms with Gasteiger partial charge in [-0.25, -0.2) is 9.18 Å². The van der Waals surface area contributed by atoms with E-state index >= 15 is 0 Å². The summed E-state index contributed by atoms with van der Waals surface area (Å²) >= 11 is 0. The van der Waals surface area contributed by atoms with Crippen molar-refractivity contribution in [1.82, 2.24) is 15.5 Å². The normalized spacial score (nSPS) is 18.6. The summed E-state index contributed by atoms with van der Waals surface area (Å²) in [5.41, 5.74) is 0.406. The smallest absolute Gasteiger partial charge is 0.325 e. The lowest BCUT2D eigenvalue weighted by molar-refractivity contribution is -0.134. The van der Waals surface area contributed by atoms with Crippen LogP contribution in [0, 0.1) is 11.7 Å². The van der Waals surface area contributed by atoms with Crippen LogP contribution in [0.3, 0.4) is 0 Å². The lowest BCUT2D eigenvalue weighted by atomic mass is 9.92. The minimum atomic E-state index is -1.38. The molecule has 2 unspecified atom stereocenters. The van der Waals surface area contributed by atoms with Crippen molar-refractivity contribution in [2.45, 2.75) is 39.3 Å². The Kier molecular flexibility index (Phi) is 7.10. The molecule has 1 aliphatic heterocycles. The molecule has 0 radical (unpaired) electrons. The Morgan fingerprint density at radius 2 is 1.85 bits per heavy atom. The van der Waals surface area contributed by atoms with E-state index in [4.69, 9.17) is 0 Å². The molecule has 8 nitrogen and oxygen atoms in total. The maximum Gasteiger partial charge on any atom is 0.325 e. The number of anilines is 1. The Balaban J connectivity index is 1.59. The van der Waals surface area contributed by atoms with Crippen LogP contribution in [0.4, 0.5) is 14.9 Å². The number of nitrogens with zero attached hydrogens (tertiary/aromatic N) is 1. The molecule has 3 rings (SSSR count). The SMILES string of the molecule is CCC(C)C(=O)Nc1cccc(CNC(=O)CN2C(=O)NC(C)(c3ccc(F)cc3)C2=O)c1. The van der Waals surface area contributed by atoms with E-state index in [0.717, 1.165) is 16.9 Å². The van der Waals surface area contributed by atoms with Gasteiger partial charge in [0.1, 0.15) is 17.9 Å². The average Bonchev–Trinajstić information content (AvgIpc) is 3.01. The fourth-order valence-corrected chi connectivity index (χ4v) is 3.43. The Morgan fingerprint density at radius 3 is 2.52 bits per heavy atom. The molecule has 3 N–H and O–H groups in total. The molecule has 0 saturated carbocycles. The highest BCUT2D eigenvalue weighted by Gasteiger charge is 2.49. The van der Waals surface area contributed by atoms with E-state index in [1.807, 2.05) is 13.8 Å². The van der Waals surface area contributed by atoms with Crippen LogP contribution in [0.15, 0.2) is 48.5 Å². The predicted molar refractivity (Wildman–Crippen MR) is 120 cm³/mol. The highest BCUT2D eigenvalue weighted by Crippen LogP contribution is 2.28. The van der Waals surface area contributed by atoms with Crippen LogP contribution in [0.1, 0.15) is 38.3 Å². The maximum absolute atomic E-state index is 13.2. The third kappa shape index (κ3) is 5.36. The minimum absolute atomic E-state index is 0.0820. The number of hydrogen-bond donors (Lipinski definition) is 3. The summed E-state index contributed by atoms with van der Waals surface area (Å²) in [7, 11) is 0. The van der Waals surface area contributed by atoms with Crippen LogP contribution >= 0.6 is 0 Å². The molecule has 33 heavy (non-hydrogen) atoms. The summed E-state index contributed by atoms with van der Waals surface area (Å²) in [6.45, 7) is 4.99. The highest BCUT2D eigenvalue weighted by atomic mass is 19.1. The van der Waals surface area contributed by atoms with Gasteiger partial charge in [-0.15, -0.1) is 0 Å². The summed E-state index contributed by atoms with van der Waals surface area (Å²) in [6, 6.07) is 11.6. The maximum atomic E-state index is 13.2. The van der Waals surface area contributed by atoms with Crippen LogP contribution in [0.5, 0.6) is 0 Å². The van der Waals surface area contributed by atoms with Crippen molar-refractivity contribution in [2.75, 3.05) is 11.9 Å². The van der Waals surface area contributed by atoms with Crippen molar-refractivity contribution in [3.8, 4) is 0 Å². The fraction of sp³-hybridized carbons (Fsp3) is 0.333. The number of rotatable bonds is 8. The van der Waals surface area contributed by atoms with Gasteiger partial charge in [0, 0.05) is 18.2 Å². The second-order valence-electron chi connectivity index (χ2n) is 8.23. The van der Waals surface area contributed by atoms with E-state index in [9.17, 15) is 23.6 Å². The average molecular weight is 455 g/mol. The largest absolute Gasteiger partial charge is 0.350 e. The summed E-state index contributed by atoms with van der Waals surface area (Å²) in [5.74, 6) is -1.77. The Hall–Kier alpha value is -3.75. The standard InChI is InChI=1S/C24H27FN4O4/c1-4-15(2)21(31)27-19-7-5-6-16(12-19)13-26-20(30)14-29-22(32)24(3,28-23(29)33)17-8-10-18(25)11-9-17/h5-12,15H,4,13-14H2,1-3H3,(H,26,30)(H,27,31)(H,28,33). The van der Waals surface area contributed by atoms with Gasteiger partial charge in [-0.3, -0.25) is 19.3 Å². The lowest BCUT2D eigenvalue weighted by Gasteiger charge is -2.22. The molecule has 9 heteroatoms. The fourth-order valence-electron chi connectivity index (χ4n) is 3.43. The van der Waals surface area contributed by atoms with E-state index in [2.05, 4.69) is 16.0 Å². The molecule has 2 aromatic rings. The summed E-state index contributed by atoms with van der Waals surface area (Å²) < 4.78 is 13.2. The molecule has 5 amide bonds. The first-order valence-electron chi connectivity index (χ1n) is 10.7. The van der Waals surface area contributed by atoms with Gasteiger partial charge in [-0.05, 0) is 48.7 Å². The first-order valence-corrected chi connectivity index (χ1v) is 10.7. The zero-order valence-electron chi connectivity index (χ0n) is 18.8. The number of halogens is 1. The second-order valence-corrected chi connectivity index (χ2v) is 8.23. The van der Waals surface area contributed by atoms with E-state index < -0.39 is 35.7 Å². The number of carbonyl (C=O) groups is 4. The quantitative estimate of drug-likeness (QED) is 0.533. The lowest BCUT2D eigenvalue weighted by Crippen LogP contribution is -2.43. The molecule has 0 bridgehead atoms. The van der Waals surface area contributed by atoms with Crippen LogP contribution in [0.25, 0.3) is 0 Å². The molecule has 1 heterocycles. The van der Waals surface area contributed by atoms with E-state index in [0.29, 0.717) is 11.3 Å². The second kappa shape index (κ2) is 9.81.